The average molecular weight is 395 g/mol. The van der Waals surface area contributed by atoms with Crippen LogP contribution in [0.15, 0.2) is 79.0 Å². The molecule has 0 bridgehead atoms. The van der Waals surface area contributed by atoms with Crippen LogP contribution in [0.4, 0.5) is 5.82 Å². The van der Waals surface area contributed by atoms with Gasteiger partial charge in [0, 0.05) is 35.9 Å². The minimum atomic E-state index is -0.0724. The van der Waals surface area contributed by atoms with Crippen LogP contribution in [0, 0.1) is 11.3 Å². The predicted octanol–water partition coefficient (Wildman–Crippen LogP) is 3.80. The lowest BCUT2D eigenvalue weighted by Gasteiger charge is -2.12. The number of anilines is 1. The zero-order valence-electron chi connectivity index (χ0n) is 16.4. The molecule has 0 unspecified atom stereocenters. The van der Waals surface area contributed by atoms with Crippen molar-refractivity contribution in [2.45, 2.75) is 6.54 Å². The molecule has 0 saturated carbocycles. The van der Waals surface area contributed by atoms with Crippen molar-refractivity contribution in [3.63, 3.8) is 0 Å². The number of nitriles is 1. The van der Waals surface area contributed by atoms with Gasteiger partial charge in [-0.1, -0.05) is 48.5 Å². The summed E-state index contributed by atoms with van der Waals surface area (Å²) in [5.41, 5.74) is 3.59. The molecule has 6 nitrogen and oxygen atoms in total. The maximum Gasteiger partial charge on any atom is 0.240 e. The Kier molecular flexibility index (Phi) is 5.72. The lowest BCUT2D eigenvalue weighted by molar-refractivity contribution is -0.121. The number of nitrogens with one attached hydrogen (secondary N) is 2. The number of carbonyl (C=O) groups is 1. The van der Waals surface area contributed by atoms with Crippen LogP contribution in [0.5, 0.6) is 0 Å². The normalized spacial score (nSPS) is 10.5. The highest BCUT2D eigenvalue weighted by Crippen LogP contribution is 2.28. The molecule has 30 heavy (non-hydrogen) atoms. The molecule has 0 saturated heterocycles. The van der Waals surface area contributed by atoms with Crippen LogP contribution >= 0.6 is 0 Å². The summed E-state index contributed by atoms with van der Waals surface area (Å²) in [5, 5.41) is 16.2. The number of para-hydroxylation sites is 1. The van der Waals surface area contributed by atoms with E-state index in [2.05, 4.69) is 33.8 Å². The summed E-state index contributed by atoms with van der Waals surface area (Å²) in [6.07, 6.45) is 1.63. The molecule has 4 rings (SSSR count). The van der Waals surface area contributed by atoms with E-state index in [0.717, 1.165) is 22.2 Å². The number of nitrogens with zero attached hydrogens (tertiary/aromatic N) is 3. The third kappa shape index (κ3) is 4.15. The zero-order chi connectivity index (χ0) is 20.8. The summed E-state index contributed by atoms with van der Waals surface area (Å²) in [7, 11) is 0. The van der Waals surface area contributed by atoms with Crippen molar-refractivity contribution in [3.05, 3.63) is 84.6 Å². The lowest BCUT2D eigenvalue weighted by atomic mass is 10.1. The molecule has 0 aliphatic heterocycles. The van der Waals surface area contributed by atoms with E-state index < -0.39 is 0 Å². The quantitative estimate of drug-likeness (QED) is 0.466. The predicted molar refractivity (Wildman–Crippen MR) is 118 cm³/mol. The smallest absolute Gasteiger partial charge is 0.240 e. The van der Waals surface area contributed by atoms with Crippen molar-refractivity contribution in [1.29, 1.82) is 5.26 Å². The average Bonchev–Trinajstić information content (AvgIpc) is 3.16. The van der Waals surface area contributed by atoms with Gasteiger partial charge in [-0.25, -0.2) is 4.98 Å². The second-order valence-electron chi connectivity index (χ2n) is 6.83. The van der Waals surface area contributed by atoms with E-state index in [1.807, 2.05) is 53.1 Å². The lowest BCUT2D eigenvalue weighted by Crippen LogP contribution is -2.32. The van der Waals surface area contributed by atoms with E-state index in [1.165, 1.54) is 0 Å². The van der Waals surface area contributed by atoms with Gasteiger partial charge in [-0.05, 0) is 29.8 Å². The van der Waals surface area contributed by atoms with Crippen LogP contribution in [0.25, 0.3) is 22.2 Å². The Balaban J connectivity index is 1.44. The second kappa shape index (κ2) is 8.93. The van der Waals surface area contributed by atoms with Gasteiger partial charge in [0.1, 0.15) is 18.4 Å². The standard InChI is InChI=1S/C24H21N5O/c25-16-20-10-6-12-27-24(20)28-14-13-26-23(30)17-29-21-11-5-4-9-19(21)15-22(29)18-7-2-1-3-8-18/h1-12,15H,13-14,17H2,(H,26,30)(H,27,28). The van der Waals surface area contributed by atoms with Gasteiger partial charge in [0.05, 0.1) is 5.56 Å². The number of hydrogen-bond acceptors (Lipinski definition) is 4. The van der Waals surface area contributed by atoms with E-state index >= 15 is 0 Å². The Morgan fingerprint density at radius 3 is 2.63 bits per heavy atom. The van der Waals surface area contributed by atoms with Crippen molar-refractivity contribution in [3.8, 4) is 17.3 Å². The number of benzene rings is 2. The van der Waals surface area contributed by atoms with Gasteiger partial charge in [0.2, 0.25) is 5.91 Å². The Bertz CT molecular complexity index is 1210. The summed E-state index contributed by atoms with van der Waals surface area (Å²) >= 11 is 0. The summed E-state index contributed by atoms with van der Waals surface area (Å²) in [6.45, 7) is 1.14. The van der Waals surface area contributed by atoms with Gasteiger partial charge < -0.3 is 15.2 Å². The highest BCUT2D eigenvalue weighted by Gasteiger charge is 2.13. The summed E-state index contributed by atoms with van der Waals surface area (Å²) in [6, 6.07) is 25.8. The zero-order valence-corrected chi connectivity index (χ0v) is 16.4. The fourth-order valence-electron chi connectivity index (χ4n) is 3.45. The van der Waals surface area contributed by atoms with Gasteiger partial charge in [-0.3, -0.25) is 4.79 Å². The SMILES string of the molecule is N#Cc1cccnc1NCCNC(=O)Cn1c(-c2ccccc2)cc2ccccc21. The molecule has 6 heteroatoms. The minimum Gasteiger partial charge on any atom is -0.367 e. The van der Waals surface area contributed by atoms with E-state index in [4.69, 9.17) is 5.26 Å². The van der Waals surface area contributed by atoms with Crippen LogP contribution < -0.4 is 10.6 Å². The summed E-state index contributed by atoms with van der Waals surface area (Å²) < 4.78 is 2.04. The van der Waals surface area contributed by atoms with Crippen molar-refractivity contribution >= 4 is 22.6 Å². The molecular formula is C24H21N5O. The molecule has 0 aliphatic rings. The number of amides is 1. The maximum absolute atomic E-state index is 12.6. The molecule has 0 aliphatic carbocycles. The Morgan fingerprint density at radius 1 is 1.00 bits per heavy atom. The minimum absolute atomic E-state index is 0.0724. The molecule has 0 fully saturated rings. The topological polar surface area (TPSA) is 82.7 Å². The van der Waals surface area contributed by atoms with E-state index in [0.29, 0.717) is 24.5 Å². The molecule has 0 atom stereocenters. The molecule has 148 valence electrons. The van der Waals surface area contributed by atoms with Crippen molar-refractivity contribution in [1.82, 2.24) is 14.9 Å². The van der Waals surface area contributed by atoms with Crippen molar-refractivity contribution in [2.24, 2.45) is 0 Å². The van der Waals surface area contributed by atoms with Crippen LogP contribution in [-0.4, -0.2) is 28.5 Å². The van der Waals surface area contributed by atoms with Gasteiger partial charge in [0.25, 0.3) is 0 Å². The summed E-state index contributed by atoms with van der Waals surface area (Å²) in [4.78, 5) is 16.8. The van der Waals surface area contributed by atoms with Crippen LogP contribution in [0.1, 0.15) is 5.56 Å². The van der Waals surface area contributed by atoms with Gasteiger partial charge >= 0.3 is 0 Å². The summed E-state index contributed by atoms with van der Waals surface area (Å²) in [5.74, 6) is 0.453. The molecule has 0 radical (unpaired) electrons. The number of fused-ring (bicyclic) bond motifs is 1. The van der Waals surface area contributed by atoms with E-state index in [9.17, 15) is 4.79 Å². The monoisotopic (exact) mass is 395 g/mol. The van der Waals surface area contributed by atoms with Gasteiger partial charge in [-0.15, -0.1) is 0 Å². The molecule has 2 N–H and O–H groups in total. The first-order chi connectivity index (χ1) is 14.8. The number of hydrogen-bond donors (Lipinski definition) is 2. The fraction of sp³-hybridized carbons (Fsp3) is 0.125. The number of aromatic nitrogens is 2. The third-order valence-electron chi connectivity index (χ3n) is 4.85. The molecule has 0 spiro atoms. The van der Waals surface area contributed by atoms with E-state index in [-0.39, 0.29) is 12.5 Å². The molecule has 1 amide bonds. The first-order valence-corrected chi connectivity index (χ1v) is 9.75. The highest BCUT2D eigenvalue weighted by atomic mass is 16.1. The number of carbonyl (C=O) groups excluding carboxylic acids is 1. The first-order valence-electron chi connectivity index (χ1n) is 9.75. The molecular weight excluding hydrogens is 374 g/mol. The Morgan fingerprint density at radius 2 is 1.80 bits per heavy atom. The van der Waals surface area contributed by atoms with Crippen LogP contribution in [0.3, 0.4) is 0 Å². The molecule has 2 aromatic carbocycles. The highest BCUT2D eigenvalue weighted by molar-refractivity contribution is 5.89. The number of pyridine rings is 1. The van der Waals surface area contributed by atoms with E-state index in [1.54, 1.807) is 18.3 Å². The Hall–Kier alpha value is -4.11. The van der Waals surface area contributed by atoms with Crippen LogP contribution in [0.2, 0.25) is 0 Å². The molecule has 4 aromatic rings. The second-order valence-corrected chi connectivity index (χ2v) is 6.83. The van der Waals surface area contributed by atoms with Crippen LogP contribution in [-0.2, 0) is 11.3 Å². The third-order valence-corrected chi connectivity index (χ3v) is 4.85. The Labute approximate surface area is 174 Å². The molecule has 2 heterocycles. The number of rotatable bonds is 7. The van der Waals surface area contributed by atoms with Crippen molar-refractivity contribution in [2.75, 3.05) is 18.4 Å². The van der Waals surface area contributed by atoms with Gasteiger partial charge in [-0.2, -0.15) is 5.26 Å². The maximum atomic E-state index is 12.6. The molecule has 2 aromatic heterocycles. The van der Waals surface area contributed by atoms with Gasteiger partial charge in [0.15, 0.2) is 0 Å². The first kappa shape index (κ1) is 19.2. The largest absolute Gasteiger partial charge is 0.367 e. The van der Waals surface area contributed by atoms with Crippen molar-refractivity contribution < 1.29 is 4.79 Å². The fourth-order valence-corrected chi connectivity index (χ4v) is 3.45.